The number of allylic oxidation sites excluding steroid dienone is 3. The molecule has 0 spiro atoms. The third-order valence-electron chi connectivity index (χ3n) is 6.66. The number of nitriles is 1. The molecule has 2 aromatic carbocycles. The predicted molar refractivity (Wildman–Crippen MR) is 148 cm³/mol. The van der Waals surface area contributed by atoms with E-state index in [-0.39, 0.29) is 22.7 Å². The highest BCUT2D eigenvalue weighted by Crippen LogP contribution is 2.50. The van der Waals surface area contributed by atoms with Gasteiger partial charge in [0.15, 0.2) is 23.1 Å². The van der Waals surface area contributed by atoms with Crippen LogP contribution in [0.4, 0.5) is 0 Å². The number of ketones is 2. The zero-order valence-corrected chi connectivity index (χ0v) is 23.5. The minimum atomic E-state index is -0.651. The molecule has 1 aliphatic carbocycles. The van der Waals surface area contributed by atoms with Crippen LogP contribution in [0, 0.1) is 16.7 Å². The van der Waals surface area contributed by atoms with Gasteiger partial charge in [-0.2, -0.15) is 5.26 Å². The van der Waals surface area contributed by atoms with Crippen molar-refractivity contribution in [1.29, 1.82) is 5.26 Å². The molecule has 0 saturated carbocycles. The van der Waals surface area contributed by atoms with Crippen LogP contribution in [-0.2, 0) is 4.79 Å². The van der Waals surface area contributed by atoms with Crippen LogP contribution >= 0.6 is 23.4 Å². The second kappa shape index (κ2) is 11.1. The van der Waals surface area contributed by atoms with Crippen molar-refractivity contribution in [1.82, 2.24) is 5.32 Å². The summed E-state index contributed by atoms with van der Waals surface area (Å²) in [6, 6.07) is 12.6. The second-order valence-electron chi connectivity index (χ2n) is 9.92. The number of halogens is 1. The van der Waals surface area contributed by atoms with E-state index in [9.17, 15) is 14.9 Å². The number of methoxy groups -OCH3 is 3. The van der Waals surface area contributed by atoms with Crippen LogP contribution in [-0.4, -0.2) is 38.6 Å². The lowest BCUT2D eigenvalue weighted by molar-refractivity contribution is -0.118. The van der Waals surface area contributed by atoms with Crippen molar-refractivity contribution in [3.63, 3.8) is 0 Å². The zero-order valence-electron chi connectivity index (χ0n) is 21.9. The maximum absolute atomic E-state index is 13.5. The lowest BCUT2D eigenvalue weighted by atomic mass is 9.69. The number of rotatable bonds is 8. The summed E-state index contributed by atoms with van der Waals surface area (Å²) in [4.78, 5) is 26.4. The maximum Gasteiger partial charge on any atom is 0.203 e. The summed E-state index contributed by atoms with van der Waals surface area (Å²) in [5.74, 6) is 0.618. The summed E-state index contributed by atoms with van der Waals surface area (Å²) in [6.45, 7) is 4.09. The third-order valence-corrected chi connectivity index (χ3v) is 7.93. The summed E-state index contributed by atoms with van der Waals surface area (Å²) in [5.41, 5.74) is 2.64. The number of hydrogen-bond donors (Lipinski definition) is 1. The molecule has 0 bridgehead atoms. The van der Waals surface area contributed by atoms with Gasteiger partial charge in [-0.15, -0.1) is 0 Å². The van der Waals surface area contributed by atoms with Crippen molar-refractivity contribution in [3.8, 4) is 23.3 Å². The number of ether oxygens (including phenoxy) is 3. The summed E-state index contributed by atoms with van der Waals surface area (Å²) in [6.07, 6.45) is 0.994. The Morgan fingerprint density at radius 2 is 1.74 bits per heavy atom. The number of nitrogens with zero attached hydrogens (tertiary/aromatic N) is 1. The number of benzene rings is 2. The van der Waals surface area contributed by atoms with Gasteiger partial charge >= 0.3 is 0 Å². The molecule has 1 unspecified atom stereocenters. The molecule has 1 aliphatic heterocycles. The molecule has 0 aromatic heterocycles. The van der Waals surface area contributed by atoms with Crippen molar-refractivity contribution in [2.45, 2.75) is 32.6 Å². The largest absolute Gasteiger partial charge is 0.493 e. The number of dihydropyridines is 1. The summed E-state index contributed by atoms with van der Waals surface area (Å²) in [7, 11) is 4.56. The highest BCUT2D eigenvalue weighted by Gasteiger charge is 2.42. The summed E-state index contributed by atoms with van der Waals surface area (Å²) >= 11 is 7.21. The number of carbonyl (C=O) groups is 2. The van der Waals surface area contributed by atoms with E-state index in [4.69, 9.17) is 25.8 Å². The van der Waals surface area contributed by atoms with Crippen molar-refractivity contribution in [2.75, 3.05) is 27.1 Å². The average molecular weight is 553 g/mol. The van der Waals surface area contributed by atoms with Gasteiger partial charge in [0, 0.05) is 28.3 Å². The van der Waals surface area contributed by atoms with E-state index in [1.165, 1.54) is 33.1 Å². The SMILES string of the molecule is COc1cc(C2C(C#N)=C(SCC(=O)c3ccc(Cl)cc3)NC3=C2C(=O)CC(C)(C)C3)cc(OC)c1OC. The summed E-state index contributed by atoms with van der Waals surface area (Å²) in [5, 5.41) is 14.8. The van der Waals surface area contributed by atoms with Gasteiger partial charge in [-0.1, -0.05) is 37.2 Å². The van der Waals surface area contributed by atoms with Gasteiger partial charge in [0.05, 0.1) is 49.7 Å². The lowest BCUT2D eigenvalue weighted by Gasteiger charge is -2.39. The molecular weight excluding hydrogens is 524 g/mol. The molecule has 0 amide bonds. The van der Waals surface area contributed by atoms with E-state index in [2.05, 4.69) is 11.4 Å². The molecule has 0 radical (unpaired) electrons. The van der Waals surface area contributed by atoms with Crippen molar-refractivity contribution in [2.24, 2.45) is 5.41 Å². The van der Waals surface area contributed by atoms with E-state index in [0.29, 0.717) is 62.4 Å². The van der Waals surface area contributed by atoms with Crippen LogP contribution in [0.5, 0.6) is 17.2 Å². The van der Waals surface area contributed by atoms with E-state index in [1.807, 2.05) is 13.8 Å². The molecule has 4 rings (SSSR count). The van der Waals surface area contributed by atoms with Gasteiger partial charge < -0.3 is 19.5 Å². The van der Waals surface area contributed by atoms with Crippen LogP contribution in [0.2, 0.25) is 5.02 Å². The topological polar surface area (TPSA) is 97.7 Å². The van der Waals surface area contributed by atoms with Gasteiger partial charge in [0.25, 0.3) is 0 Å². The van der Waals surface area contributed by atoms with Gasteiger partial charge in [-0.25, -0.2) is 0 Å². The fourth-order valence-electron chi connectivity index (χ4n) is 4.95. The highest BCUT2D eigenvalue weighted by atomic mass is 35.5. The number of nitrogens with one attached hydrogen (secondary N) is 1. The van der Waals surface area contributed by atoms with E-state index < -0.39 is 5.92 Å². The maximum atomic E-state index is 13.5. The second-order valence-corrected chi connectivity index (χ2v) is 11.3. The van der Waals surface area contributed by atoms with Crippen LogP contribution in [0.3, 0.4) is 0 Å². The minimum absolute atomic E-state index is 0.0171. The molecule has 1 N–H and O–H groups in total. The lowest BCUT2D eigenvalue weighted by Crippen LogP contribution is -2.37. The highest BCUT2D eigenvalue weighted by molar-refractivity contribution is 8.03. The Hall–Kier alpha value is -3.41. The molecule has 1 heterocycles. The molecule has 1 atom stereocenters. The monoisotopic (exact) mass is 552 g/mol. The van der Waals surface area contributed by atoms with Crippen LogP contribution in [0.15, 0.2) is 58.3 Å². The predicted octanol–water partition coefficient (Wildman–Crippen LogP) is 6.05. The standard InChI is InChI=1S/C29H29ClN2O5S/c1-29(2)12-20-26(21(33)13-29)25(17-10-23(35-3)27(37-5)24(11-17)36-4)19(14-31)28(32-20)38-15-22(34)16-6-8-18(30)9-7-16/h6-11,25,32H,12-13,15H2,1-5H3. The van der Waals surface area contributed by atoms with Gasteiger partial charge in [-0.3, -0.25) is 9.59 Å². The molecule has 0 fully saturated rings. The normalized spacial score (nSPS) is 18.3. The van der Waals surface area contributed by atoms with Crippen LogP contribution in [0.25, 0.3) is 0 Å². The van der Waals surface area contributed by atoms with Gasteiger partial charge in [0.1, 0.15) is 0 Å². The van der Waals surface area contributed by atoms with Crippen molar-refractivity contribution < 1.29 is 23.8 Å². The molecule has 9 heteroatoms. The molecule has 2 aliphatic rings. The summed E-state index contributed by atoms with van der Waals surface area (Å²) < 4.78 is 16.6. The van der Waals surface area contributed by atoms with Crippen LogP contribution in [0.1, 0.15) is 48.5 Å². The molecule has 7 nitrogen and oxygen atoms in total. The third kappa shape index (κ3) is 5.40. The first-order valence-electron chi connectivity index (χ1n) is 12.0. The first-order valence-corrected chi connectivity index (χ1v) is 13.4. The van der Waals surface area contributed by atoms with Gasteiger partial charge in [-0.05, 0) is 53.8 Å². The first-order chi connectivity index (χ1) is 18.1. The molecule has 198 valence electrons. The van der Waals surface area contributed by atoms with E-state index >= 15 is 0 Å². The molecular formula is C29H29ClN2O5S. The molecule has 0 saturated heterocycles. The van der Waals surface area contributed by atoms with Crippen molar-refractivity contribution in [3.05, 3.63) is 74.4 Å². The Kier molecular flexibility index (Phi) is 8.10. The Balaban J connectivity index is 1.81. The van der Waals surface area contributed by atoms with Crippen LogP contribution < -0.4 is 19.5 Å². The smallest absolute Gasteiger partial charge is 0.203 e. The Bertz CT molecular complexity index is 1360. The molecule has 2 aromatic rings. The Morgan fingerprint density at radius 3 is 2.29 bits per heavy atom. The number of hydrogen-bond acceptors (Lipinski definition) is 8. The number of carbonyl (C=O) groups excluding carboxylic acids is 2. The minimum Gasteiger partial charge on any atom is -0.493 e. The average Bonchev–Trinajstić information content (AvgIpc) is 2.89. The van der Waals surface area contributed by atoms with E-state index in [1.54, 1.807) is 36.4 Å². The Labute approximate surface area is 231 Å². The molecule has 38 heavy (non-hydrogen) atoms. The first kappa shape index (κ1) is 27.6. The van der Waals surface area contributed by atoms with E-state index in [0.717, 1.165) is 5.70 Å². The fourth-order valence-corrected chi connectivity index (χ4v) is 6.03. The zero-order chi connectivity index (χ0) is 27.6. The number of thioether (sulfide) groups is 1. The van der Waals surface area contributed by atoms with Crippen molar-refractivity contribution >= 4 is 34.9 Å². The fraction of sp³-hybridized carbons (Fsp3) is 0.345. The quantitative estimate of drug-likeness (QED) is 0.395. The van der Waals surface area contributed by atoms with Gasteiger partial charge in [0.2, 0.25) is 5.75 Å². The Morgan fingerprint density at radius 1 is 1.11 bits per heavy atom. The number of Topliss-reactive ketones (excluding diaryl/α,β-unsaturated/α-hetero) is 2.